The first-order valence-corrected chi connectivity index (χ1v) is 8.62. The van der Waals surface area contributed by atoms with Gasteiger partial charge < -0.3 is 14.8 Å². The molecule has 0 radical (unpaired) electrons. The van der Waals surface area contributed by atoms with Crippen molar-refractivity contribution in [1.29, 1.82) is 0 Å². The zero-order valence-corrected chi connectivity index (χ0v) is 15.0. The van der Waals surface area contributed by atoms with Gasteiger partial charge in [-0.15, -0.1) is 0 Å². The van der Waals surface area contributed by atoms with E-state index in [1.165, 1.54) is 6.07 Å². The molecule has 0 saturated carbocycles. The molecule has 2 aromatic carbocycles. The van der Waals surface area contributed by atoms with Crippen LogP contribution in [0.5, 0.6) is 11.5 Å². The number of halogens is 1. The standard InChI is InChI=1S/C20H23FN2O3/c1-25-14-9-10-19(26-2)15(12-14)18-8-5-11-23(18)13-20(24)22-17-7-4-3-6-16(17)21/h3-4,6-7,9-10,12,18H,5,8,11,13H2,1-2H3,(H,22,24)/t18-/m0/s1. The molecule has 0 aliphatic carbocycles. The number of carbonyl (C=O) groups excluding carboxylic acids is 1. The lowest BCUT2D eigenvalue weighted by atomic mass is 10.0. The molecule has 138 valence electrons. The largest absolute Gasteiger partial charge is 0.497 e. The van der Waals surface area contributed by atoms with E-state index in [0.29, 0.717) is 0 Å². The number of hydrogen-bond acceptors (Lipinski definition) is 4. The van der Waals surface area contributed by atoms with Crippen LogP contribution in [0.4, 0.5) is 10.1 Å². The Morgan fingerprint density at radius 2 is 2.04 bits per heavy atom. The highest BCUT2D eigenvalue weighted by Gasteiger charge is 2.30. The lowest BCUT2D eigenvalue weighted by molar-refractivity contribution is -0.117. The van der Waals surface area contributed by atoms with Gasteiger partial charge in [0, 0.05) is 11.6 Å². The summed E-state index contributed by atoms with van der Waals surface area (Å²) in [5.74, 6) is 0.859. The molecule has 0 bridgehead atoms. The summed E-state index contributed by atoms with van der Waals surface area (Å²) in [4.78, 5) is 14.5. The van der Waals surface area contributed by atoms with Crippen LogP contribution in [0.1, 0.15) is 24.4 Å². The highest BCUT2D eigenvalue weighted by Crippen LogP contribution is 2.38. The molecule has 1 N–H and O–H groups in total. The molecule has 0 unspecified atom stereocenters. The minimum Gasteiger partial charge on any atom is -0.497 e. The monoisotopic (exact) mass is 358 g/mol. The van der Waals surface area contributed by atoms with Gasteiger partial charge in [0.25, 0.3) is 0 Å². The smallest absolute Gasteiger partial charge is 0.238 e. The molecule has 3 rings (SSSR count). The number of ether oxygens (including phenoxy) is 2. The van der Waals surface area contributed by atoms with E-state index in [0.717, 1.165) is 36.4 Å². The van der Waals surface area contributed by atoms with Gasteiger partial charge in [-0.2, -0.15) is 0 Å². The van der Waals surface area contributed by atoms with Crippen molar-refractivity contribution >= 4 is 11.6 Å². The van der Waals surface area contributed by atoms with Crippen molar-refractivity contribution in [2.45, 2.75) is 18.9 Å². The summed E-state index contributed by atoms with van der Waals surface area (Å²) in [7, 11) is 3.26. The van der Waals surface area contributed by atoms with Crippen LogP contribution in [0.15, 0.2) is 42.5 Å². The third-order valence-electron chi connectivity index (χ3n) is 4.65. The summed E-state index contributed by atoms with van der Waals surface area (Å²) in [5.41, 5.74) is 1.20. The van der Waals surface area contributed by atoms with Gasteiger partial charge in [0.15, 0.2) is 0 Å². The maximum atomic E-state index is 13.7. The first kappa shape index (κ1) is 18.2. The minimum atomic E-state index is -0.437. The number of amides is 1. The van der Waals surface area contributed by atoms with Crippen LogP contribution in [-0.2, 0) is 4.79 Å². The molecule has 0 aromatic heterocycles. The molecule has 1 atom stereocenters. The fourth-order valence-corrected chi connectivity index (χ4v) is 3.40. The molecule has 1 saturated heterocycles. The summed E-state index contributed by atoms with van der Waals surface area (Å²) in [6.45, 7) is 0.995. The number of carbonyl (C=O) groups is 1. The Morgan fingerprint density at radius 1 is 1.23 bits per heavy atom. The van der Waals surface area contributed by atoms with Crippen molar-refractivity contribution in [3.63, 3.8) is 0 Å². The Balaban J connectivity index is 1.74. The number of rotatable bonds is 6. The van der Waals surface area contributed by atoms with E-state index >= 15 is 0 Å². The molecule has 1 fully saturated rings. The van der Waals surface area contributed by atoms with Crippen LogP contribution in [0.2, 0.25) is 0 Å². The molecule has 5 nitrogen and oxygen atoms in total. The summed E-state index contributed by atoms with van der Waals surface area (Å²) in [5, 5.41) is 2.65. The fraction of sp³-hybridized carbons (Fsp3) is 0.350. The predicted octanol–water partition coefficient (Wildman–Crippen LogP) is 3.62. The lowest BCUT2D eigenvalue weighted by Gasteiger charge is -2.26. The number of methoxy groups -OCH3 is 2. The molecule has 2 aromatic rings. The fourth-order valence-electron chi connectivity index (χ4n) is 3.40. The topological polar surface area (TPSA) is 50.8 Å². The van der Waals surface area contributed by atoms with Crippen molar-refractivity contribution in [3.05, 3.63) is 53.8 Å². The molecular weight excluding hydrogens is 335 g/mol. The minimum absolute atomic E-state index is 0.0615. The van der Waals surface area contributed by atoms with E-state index in [4.69, 9.17) is 9.47 Å². The zero-order valence-electron chi connectivity index (χ0n) is 15.0. The van der Waals surface area contributed by atoms with E-state index in [-0.39, 0.29) is 24.2 Å². The quantitative estimate of drug-likeness (QED) is 0.857. The number of nitrogens with zero attached hydrogens (tertiary/aromatic N) is 1. The molecule has 1 aliphatic heterocycles. The van der Waals surface area contributed by atoms with Crippen molar-refractivity contribution in [2.75, 3.05) is 32.6 Å². The highest BCUT2D eigenvalue weighted by atomic mass is 19.1. The normalized spacial score (nSPS) is 17.1. The summed E-state index contributed by atoms with van der Waals surface area (Å²) in [6.07, 6.45) is 1.91. The first-order chi connectivity index (χ1) is 12.6. The van der Waals surface area contributed by atoms with E-state index in [2.05, 4.69) is 10.2 Å². The second kappa shape index (κ2) is 8.19. The lowest BCUT2D eigenvalue weighted by Crippen LogP contribution is -2.33. The zero-order chi connectivity index (χ0) is 18.5. The van der Waals surface area contributed by atoms with Crippen LogP contribution >= 0.6 is 0 Å². The third-order valence-corrected chi connectivity index (χ3v) is 4.65. The van der Waals surface area contributed by atoms with Crippen LogP contribution in [0.3, 0.4) is 0 Å². The molecule has 1 heterocycles. The average molecular weight is 358 g/mol. The van der Waals surface area contributed by atoms with Gasteiger partial charge in [0.2, 0.25) is 5.91 Å². The van der Waals surface area contributed by atoms with E-state index in [9.17, 15) is 9.18 Å². The second-order valence-electron chi connectivity index (χ2n) is 6.26. The van der Waals surface area contributed by atoms with Crippen molar-refractivity contribution in [1.82, 2.24) is 4.90 Å². The molecule has 1 aliphatic rings. The van der Waals surface area contributed by atoms with Crippen LogP contribution in [0, 0.1) is 5.82 Å². The Kier molecular flexibility index (Phi) is 5.73. The third kappa shape index (κ3) is 3.96. The molecular formula is C20H23FN2O3. The van der Waals surface area contributed by atoms with Crippen LogP contribution < -0.4 is 14.8 Å². The summed E-state index contributed by atoms with van der Waals surface area (Å²) in [6, 6.07) is 11.9. The Hall–Kier alpha value is -2.60. The van der Waals surface area contributed by atoms with Gasteiger partial charge in [-0.05, 0) is 49.7 Å². The number of para-hydroxylation sites is 1. The van der Waals surface area contributed by atoms with Gasteiger partial charge in [-0.25, -0.2) is 4.39 Å². The van der Waals surface area contributed by atoms with Crippen molar-refractivity contribution in [2.24, 2.45) is 0 Å². The molecule has 0 spiro atoms. The van der Waals surface area contributed by atoms with Crippen LogP contribution in [-0.4, -0.2) is 38.1 Å². The van der Waals surface area contributed by atoms with Crippen LogP contribution in [0.25, 0.3) is 0 Å². The number of likely N-dealkylation sites (tertiary alicyclic amines) is 1. The molecule has 1 amide bonds. The number of nitrogens with one attached hydrogen (secondary N) is 1. The van der Waals surface area contributed by atoms with Gasteiger partial charge in [-0.1, -0.05) is 12.1 Å². The first-order valence-electron chi connectivity index (χ1n) is 8.62. The Morgan fingerprint density at radius 3 is 2.77 bits per heavy atom. The number of hydrogen-bond donors (Lipinski definition) is 1. The van der Waals surface area contributed by atoms with E-state index in [1.807, 2.05) is 18.2 Å². The number of benzene rings is 2. The SMILES string of the molecule is COc1ccc(OC)c([C@@H]2CCCN2CC(=O)Nc2ccccc2F)c1. The predicted molar refractivity (Wildman–Crippen MR) is 98.1 cm³/mol. The van der Waals surface area contributed by atoms with Gasteiger partial charge in [-0.3, -0.25) is 9.69 Å². The van der Waals surface area contributed by atoms with E-state index < -0.39 is 5.82 Å². The summed E-state index contributed by atoms with van der Waals surface area (Å²) >= 11 is 0. The maximum Gasteiger partial charge on any atom is 0.238 e. The second-order valence-corrected chi connectivity index (χ2v) is 6.26. The van der Waals surface area contributed by atoms with E-state index in [1.54, 1.807) is 32.4 Å². The highest BCUT2D eigenvalue weighted by molar-refractivity contribution is 5.92. The van der Waals surface area contributed by atoms with Crippen molar-refractivity contribution < 1.29 is 18.7 Å². The molecule has 6 heteroatoms. The molecule has 26 heavy (non-hydrogen) atoms. The Bertz CT molecular complexity index is 781. The summed E-state index contributed by atoms with van der Waals surface area (Å²) < 4.78 is 24.5. The van der Waals surface area contributed by atoms with Gasteiger partial charge in [0.1, 0.15) is 17.3 Å². The average Bonchev–Trinajstić information content (AvgIpc) is 3.10. The van der Waals surface area contributed by atoms with Crippen molar-refractivity contribution in [3.8, 4) is 11.5 Å². The Labute approximate surface area is 152 Å². The van der Waals surface area contributed by atoms with Gasteiger partial charge >= 0.3 is 0 Å². The number of anilines is 1. The maximum absolute atomic E-state index is 13.7. The van der Waals surface area contributed by atoms with Gasteiger partial charge in [0.05, 0.1) is 26.5 Å².